The van der Waals surface area contributed by atoms with Crippen molar-refractivity contribution < 1.29 is 9.47 Å². The number of rotatable bonds is 4. The molecule has 2 heterocycles. The highest BCUT2D eigenvalue weighted by atomic mass is 16.5. The fourth-order valence-electron chi connectivity index (χ4n) is 3.27. The second-order valence-corrected chi connectivity index (χ2v) is 6.03. The Morgan fingerprint density at radius 2 is 1.04 bits per heavy atom. The molecule has 2 aliphatic heterocycles. The molecule has 2 aliphatic rings. The maximum Gasteiger partial charge on any atom is 0.124 e. The molecule has 2 atom stereocenters. The van der Waals surface area contributed by atoms with E-state index >= 15 is 0 Å². The zero-order valence-corrected chi connectivity index (χ0v) is 13.7. The molecular formula is C18H22N4O2. The molecule has 3 rings (SSSR count). The summed E-state index contributed by atoms with van der Waals surface area (Å²) in [5.41, 5.74) is 1.95. The Balaban J connectivity index is 1.73. The van der Waals surface area contributed by atoms with E-state index in [0.29, 0.717) is 26.4 Å². The lowest BCUT2D eigenvalue weighted by atomic mass is 10.00. The fraction of sp³-hybridized carbons (Fsp3) is 0.556. The van der Waals surface area contributed by atoms with Gasteiger partial charge < -0.3 is 9.47 Å². The van der Waals surface area contributed by atoms with Crippen LogP contribution in [-0.4, -0.2) is 62.4 Å². The van der Waals surface area contributed by atoms with Gasteiger partial charge in [0, 0.05) is 26.2 Å². The standard InChI is InChI=1S/C18H22N4O2/c19-13-17(21-5-9-23-10-6-21)15-1-2-16(4-3-15)18(14-20)22-7-11-24-12-8-22/h1-4,17-18H,5-12H2. The van der Waals surface area contributed by atoms with Crippen molar-refractivity contribution >= 4 is 0 Å². The first kappa shape index (κ1) is 16.9. The van der Waals surface area contributed by atoms with Crippen molar-refractivity contribution in [3.05, 3.63) is 35.4 Å². The molecule has 1 aromatic rings. The van der Waals surface area contributed by atoms with E-state index in [1.165, 1.54) is 0 Å². The molecule has 6 heteroatoms. The van der Waals surface area contributed by atoms with Crippen LogP contribution in [0.1, 0.15) is 23.2 Å². The minimum Gasteiger partial charge on any atom is -0.379 e. The van der Waals surface area contributed by atoms with E-state index in [1.54, 1.807) is 0 Å². The van der Waals surface area contributed by atoms with Gasteiger partial charge in [-0.2, -0.15) is 10.5 Å². The summed E-state index contributed by atoms with van der Waals surface area (Å²) in [7, 11) is 0. The first-order chi connectivity index (χ1) is 11.8. The number of ether oxygens (including phenoxy) is 2. The molecule has 0 aromatic heterocycles. The van der Waals surface area contributed by atoms with Crippen LogP contribution in [0.15, 0.2) is 24.3 Å². The Bertz CT molecular complexity index is 552. The number of morpholine rings is 2. The van der Waals surface area contributed by atoms with E-state index in [-0.39, 0.29) is 12.1 Å². The van der Waals surface area contributed by atoms with Crippen LogP contribution in [0.3, 0.4) is 0 Å². The SMILES string of the molecule is N#CC(c1ccc(C(C#N)N2CCOCC2)cc1)N1CCOCC1. The molecule has 0 spiro atoms. The number of hydrogen-bond acceptors (Lipinski definition) is 6. The molecule has 0 bridgehead atoms. The second kappa shape index (κ2) is 8.23. The summed E-state index contributed by atoms with van der Waals surface area (Å²) in [6.45, 7) is 5.77. The summed E-state index contributed by atoms with van der Waals surface area (Å²) in [4.78, 5) is 4.28. The van der Waals surface area contributed by atoms with Crippen molar-refractivity contribution in [2.45, 2.75) is 12.1 Å². The Kier molecular flexibility index (Phi) is 5.79. The van der Waals surface area contributed by atoms with Gasteiger partial charge in [0.05, 0.1) is 38.6 Å². The lowest BCUT2D eigenvalue weighted by Gasteiger charge is -2.32. The van der Waals surface area contributed by atoms with E-state index in [2.05, 4.69) is 21.9 Å². The van der Waals surface area contributed by atoms with Crippen LogP contribution in [0.25, 0.3) is 0 Å². The summed E-state index contributed by atoms with van der Waals surface area (Å²) in [5, 5.41) is 19.1. The third-order valence-electron chi connectivity index (χ3n) is 4.63. The first-order valence-electron chi connectivity index (χ1n) is 8.36. The molecule has 24 heavy (non-hydrogen) atoms. The average molecular weight is 326 g/mol. The average Bonchev–Trinajstić information content (AvgIpc) is 2.66. The molecule has 0 aliphatic carbocycles. The zero-order valence-electron chi connectivity index (χ0n) is 13.7. The maximum absolute atomic E-state index is 9.55. The monoisotopic (exact) mass is 326 g/mol. The Hall–Kier alpha value is -1.96. The lowest BCUT2D eigenvalue weighted by molar-refractivity contribution is 0.0260. The molecule has 2 saturated heterocycles. The first-order valence-corrected chi connectivity index (χ1v) is 8.36. The number of nitriles is 2. The van der Waals surface area contributed by atoms with Gasteiger partial charge in [-0.25, -0.2) is 0 Å². The van der Waals surface area contributed by atoms with Crippen LogP contribution in [-0.2, 0) is 9.47 Å². The lowest BCUT2D eigenvalue weighted by Crippen LogP contribution is -2.39. The zero-order chi connectivity index (χ0) is 16.8. The van der Waals surface area contributed by atoms with Crippen molar-refractivity contribution in [1.82, 2.24) is 9.80 Å². The van der Waals surface area contributed by atoms with Gasteiger partial charge in [0.1, 0.15) is 12.1 Å². The van der Waals surface area contributed by atoms with Crippen LogP contribution >= 0.6 is 0 Å². The van der Waals surface area contributed by atoms with E-state index in [0.717, 1.165) is 37.3 Å². The third kappa shape index (κ3) is 3.75. The Morgan fingerprint density at radius 3 is 1.33 bits per heavy atom. The smallest absolute Gasteiger partial charge is 0.124 e. The molecule has 0 radical (unpaired) electrons. The summed E-state index contributed by atoms with van der Waals surface area (Å²) in [5.74, 6) is 0. The predicted octanol–water partition coefficient (Wildman–Crippen LogP) is 1.48. The molecule has 126 valence electrons. The highest BCUT2D eigenvalue weighted by molar-refractivity contribution is 5.32. The molecule has 1 aromatic carbocycles. The summed E-state index contributed by atoms with van der Waals surface area (Å²) in [6, 6.07) is 12.2. The van der Waals surface area contributed by atoms with E-state index in [1.807, 2.05) is 24.3 Å². The highest BCUT2D eigenvalue weighted by Crippen LogP contribution is 2.25. The fourth-order valence-corrected chi connectivity index (χ4v) is 3.27. The van der Waals surface area contributed by atoms with Crippen LogP contribution < -0.4 is 0 Å². The van der Waals surface area contributed by atoms with Gasteiger partial charge in [-0.15, -0.1) is 0 Å². The molecular weight excluding hydrogens is 304 g/mol. The Labute approximate surface area is 142 Å². The van der Waals surface area contributed by atoms with Gasteiger partial charge in [-0.3, -0.25) is 9.80 Å². The van der Waals surface area contributed by atoms with Crippen molar-refractivity contribution in [2.75, 3.05) is 52.6 Å². The van der Waals surface area contributed by atoms with Crippen molar-refractivity contribution in [2.24, 2.45) is 0 Å². The van der Waals surface area contributed by atoms with Gasteiger partial charge in [0.25, 0.3) is 0 Å². The molecule has 0 amide bonds. The van der Waals surface area contributed by atoms with E-state index < -0.39 is 0 Å². The minimum atomic E-state index is -0.258. The maximum atomic E-state index is 9.55. The summed E-state index contributed by atoms with van der Waals surface area (Å²) in [6.07, 6.45) is 0. The van der Waals surface area contributed by atoms with Gasteiger partial charge in [0.15, 0.2) is 0 Å². The van der Waals surface area contributed by atoms with Crippen LogP contribution in [0.5, 0.6) is 0 Å². The molecule has 2 unspecified atom stereocenters. The third-order valence-corrected chi connectivity index (χ3v) is 4.63. The van der Waals surface area contributed by atoms with Gasteiger partial charge in [0.2, 0.25) is 0 Å². The van der Waals surface area contributed by atoms with Crippen molar-refractivity contribution in [3.8, 4) is 12.1 Å². The van der Waals surface area contributed by atoms with Crippen molar-refractivity contribution in [3.63, 3.8) is 0 Å². The largest absolute Gasteiger partial charge is 0.379 e. The molecule has 0 saturated carbocycles. The predicted molar refractivity (Wildman–Crippen MR) is 87.9 cm³/mol. The topological polar surface area (TPSA) is 72.5 Å². The van der Waals surface area contributed by atoms with Crippen molar-refractivity contribution in [1.29, 1.82) is 10.5 Å². The minimum absolute atomic E-state index is 0.258. The van der Waals surface area contributed by atoms with Crippen LogP contribution in [0.2, 0.25) is 0 Å². The normalized spacial score (nSPS) is 22.2. The number of benzene rings is 1. The van der Waals surface area contributed by atoms with Gasteiger partial charge in [-0.05, 0) is 11.1 Å². The van der Waals surface area contributed by atoms with Crippen LogP contribution in [0.4, 0.5) is 0 Å². The Morgan fingerprint density at radius 1 is 0.708 bits per heavy atom. The molecule has 6 nitrogen and oxygen atoms in total. The summed E-state index contributed by atoms with van der Waals surface area (Å²) >= 11 is 0. The molecule has 2 fully saturated rings. The quantitative estimate of drug-likeness (QED) is 0.834. The highest BCUT2D eigenvalue weighted by Gasteiger charge is 2.24. The number of nitrogens with zero attached hydrogens (tertiary/aromatic N) is 4. The van der Waals surface area contributed by atoms with E-state index in [4.69, 9.17) is 9.47 Å². The van der Waals surface area contributed by atoms with Crippen LogP contribution in [0, 0.1) is 22.7 Å². The van der Waals surface area contributed by atoms with E-state index in [9.17, 15) is 10.5 Å². The molecule has 0 N–H and O–H groups in total. The summed E-state index contributed by atoms with van der Waals surface area (Å²) < 4.78 is 10.7. The number of hydrogen-bond donors (Lipinski definition) is 0. The van der Waals surface area contributed by atoms with Gasteiger partial charge in [-0.1, -0.05) is 24.3 Å². The van der Waals surface area contributed by atoms with Gasteiger partial charge >= 0.3 is 0 Å². The second-order valence-electron chi connectivity index (χ2n) is 6.03.